The highest BCUT2D eigenvalue weighted by atomic mass is 79.9. The quantitative estimate of drug-likeness (QED) is 0.497. The SMILES string of the molecule is Brc1cc(CNc2ccc3c(c2)Cc2ccccc2-3)cs1. The fourth-order valence-corrected chi connectivity index (χ4v) is 4.11. The molecule has 0 fully saturated rings. The van der Waals surface area contributed by atoms with Gasteiger partial charge in [-0.25, -0.2) is 0 Å². The van der Waals surface area contributed by atoms with Crippen LogP contribution in [0.1, 0.15) is 16.7 Å². The second-order valence-corrected chi connectivity index (χ2v) is 7.61. The van der Waals surface area contributed by atoms with E-state index in [9.17, 15) is 0 Å². The normalized spacial score (nSPS) is 12.0. The van der Waals surface area contributed by atoms with Gasteiger partial charge in [0, 0.05) is 12.2 Å². The summed E-state index contributed by atoms with van der Waals surface area (Å²) in [6, 6.07) is 17.6. The Hall–Kier alpha value is -1.58. The lowest BCUT2D eigenvalue weighted by Gasteiger charge is -2.08. The molecule has 2 aromatic carbocycles. The van der Waals surface area contributed by atoms with Crippen LogP contribution in [-0.4, -0.2) is 0 Å². The van der Waals surface area contributed by atoms with Crippen molar-refractivity contribution in [2.45, 2.75) is 13.0 Å². The van der Waals surface area contributed by atoms with Gasteiger partial charge in [-0.3, -0.25) is 0 Å². The number of halogens is 1. The van der Waals surface area contributed by atoms with E-state index < -0.39 is 0 Å². The van der Waals surface area contributed by atoms with Gasteiger partial charge in [0.1, 0.15) is 0 Å². The topological polar surface area (TPSA) is 12.0 Å². The Morgan fingerprint density at radius 1 is 1.00 bits per heavy atom. The van der Waals surface area contributed by atoms with Crippen LogP contribution >= 0.6 is 27.3 Å². The highest BCUT2D eigenvalue weighted by Gasteiger charge is 2.17. The van der Waals surface area contributed by atoms with Crippen LogP contribution in [0.3, 0.4) is 0 Å². The number of rotatable bonds is 3. The third-order valence-electron chi connectivity index (χ3n) is 3.91. The van der Waals surface area contributed by atoms with Crippen LogP contribution in [0, 0.1) is 0 Å². The van der Waals surface area contributed by atoms with Crippen molar-refractivity contribution in [3.8, 4) is 11.1 Å². The minimum Gasteiger partial charge on any atom is -0.381 e. The van der Waals surface area contributed by atoms with Gasteiger partial charge < -0.3 is 5.32 Å². The van der Waals surface area contributed by atoms with Crippen LogP contribution in [-0.2, 0) is 13.0 Å². The first-order chi connectivity index (χ1) is 10.3. The van der Waals surface area contributed by atoms with E-state index in [-0.39, 0.29) is 0 Å². The molecule has 0 spiro atoms. The van der Waals surface area contributed by atoms with E-state index >= 15 is 0 Å². The Balaban J connectivity index is 1.56. The van der Waals surface area contributed by atoms with Gasteiger partial charge >= 0.3 is 0 Å². The van der Waals surface area contributed by atoms with Gasteiger partial charge in [0.05, 0.1) is 3.79 Å². The van der Waals surface area contributed by atoms with Gasteiger partial charge in [-0.05, 0) is 73.7 Å². The molecule has 1 N–H and O–H groups in total. The molecule has 0 bridgehead atoms. The molecule has 4 rings (SSSR count). The van der Waals surface area contributed by atoms with Gasteiger partial charge in [-0.2, -0.15) is 0 Å². The van der Waals surface area contributed by atoms with E-state index in [0.29, 0.717) is 0 Å². The van der Waals surface area contributed by atoms with Gasteiger partial charge in [0.2, 0.25) is 0 Å². The Morgan fingerprint density at radius 3 is 2.71 bits per heavy atom. The van der Waals surface area contributed by atoms with E-state index in [1.54, 1.807) is 11.3 Å². The number of nitrogens with one attached hydrogen (secondary N) is 1. The summed E-state index contributed by atoms with van der Waals surface area (Å²) in [5, 5.41) is 5.70. The highest BCUT2D eigenvalue weighted by molar-refractivity contribution is 9.11. The molecule has 3 aromatic rings. The summed E-state index contributed by atoms with van der Waals surface area (Å²) >= 11 is 5.23. The predicted molar refractivity (Wildman–Crippen MR) is 94.0 cm³/mol. The Labute approximate surface area is 136 Å². The fraction of sp³-hybridized carbons (Fsp3) is 0.111. The van der Waals surface area contributed by atoms with Gasteiger partial charge in [0.15, 0.2) is 0 Å². The average Bonchev–Trinajstić information content (AvgIpc) is 3.07. The van der Waals surface area contributed by atoms with Crippen LogP contribution in [0.5, 0.6) is 0 Å². The maximum atomic E-state index is 3.52. The van der Waals surface area contributed by atoms with Crippen molar-refractivity contribution in [2.75, 3.05) is 5.32 Å². The number of hydrogen-bond acceptors (Lipinski definition) is 2. The molecule has 3 heteroatoms. The third kappa shape index (κ3) is 2.52. The zero-order valence-corrected chi connectivity index (χ0v) is 13.8. The lowest BCUT2D eigenvalue weighted by atomic mass is 10.1. The van der Waals surface area contributed by atoms with Crippen molar-refractivity contribution in [3.05, 3.63) is 74.4 Å². The zero-order chi connectivity index (χ0) is 14.2. The van der Waals surface area contributed by atoms with Crippen molar-refractivity contribution in [3.63, 3.8) is 0 Å². The van der Waals surface area contributed by atoms with Crippen LogP contribution in [0.2, 0.25) is 0 Å². The molecule has 0 amide bonds. The maximum Gasteiger partial charge on any atom is 0.0701 e. The lowest BCUT2D eigenvalue weighted by molar-refractivity contribution is 1.16. The average molecular weight is 356 g/mol. The molecule has 0 atom stereocenters. The molecule has 0 saturated carbocycles. The minimum absolute atomic E-state index is 0.869. The van der Waals surface area contributed by atoms with Crippen LogP contribution in [0.4, 0.5) is 5.69 Å². The zero-order valence-electron chi connectivity index (χ0n) is 11.4. The van der Waals surface area contributed by atoms with E-state index in [2.05, 4.69) is 75.2 Å². The lowest BCUT2D eigenvalue weighted by Crippen LogP contribution is -1.98. The summed E-state index contributed by atoms with van der Waals surface area (Å²) < 4.78 is 1.18. The van der Waals surface area contributed by atoms with E-state index in [1.165, 1.54) is 37.3 Å². The summed E-state index contributed by atoms with van der Waals surface area (Å²) in [6.45, 7) is 0.869. The molecule has 21 heavy (non-hydrogen) atoms. The van der Waals surface area contributed by atoms with Crippen LogP contribution in [0.25, 0.3) is 11.1 Å². The second kappa shape index (κ2) is 5.32. The van der Waals surface area contributed by atoms with Gasteiger partial charge in [-0.15, -0.1) is 11.3 Å². The second-order valence-electron chi connectivity index (χ2n) is 5.32. The van der Waals surface area contributed by atoms with Crippen LogP contribution < -0.4 is 5.32 Å². The molecule has 1 aliphatic rings. The number of anilines is 1. The Morgan fingerprint density at radius 2 is 1.86 bits per heavy atom. The molecule has 1 nitrogen and oxygen atoms in total. The van der Waals surface area contributed by atoms with Crippen LogP contribution in [0.15, 0.2) is 57.7 Å². The van der Waals surface area contributed by atoms with Gasteiger partial charge in [-0.1, -0.05) is 30.3 Å². The Bertz CT molecular complexity index is 806. The summed E-state index contributed by atoms with van der Waals surface area (Å²) in [7, 11) is 0. The van der Waals surface area contributed by atoms with E-state index in [4.69, 9.17) is 0 Å². The number of thiophene rings is 1. The molecule has 1 heterocycles. The van der Waals surface area contributed by atoms with Crippen molar-refractivity contribution in [1.82, 2.24) is 0 Å². The van der Waals surface area contributed by atoms with Crippen molar-refractivity contribution >= 4 is 33.0 Å². The summed E-state index contributed by atoms with van der Waals surface area (Å²) in [4.78, 5) is 0. The molecule has 0 unspecified atom stereocenters. The molecule has 1 aliphatic carbocycles. The minimum atomic E-state index is 0.869. The van der Waals surface area contributed by atoms with E-state index in [0.717, 1.165) is 13.0 Å². The first kappa shape index (κ1) is 13.1. The molecular formula is C18H14BrNS. The van der Waals surface area contributed by atoms with E-state index in [1.807, 2.05) is 0 Å². The Kier molecular flexibility index (Phi) is 3.32. The maximum absolute atomic E-state index is 3.52. The fourth-order valence-electron chi connectivity index (χ4n) is 2.90. The molecule has 0 saturated heterocycles. The number of fused-ring (bicyclic) bond motifs is 3. The van der Waals surface area contributed by atoms with Crippen molar-refractivity contribution < 1.29 is 0 Å². The summed E-state index contributed by atoms with van der Waals surface area (Å²) in [6.07, 6.45) is 1.05. The first-order valence-corrected chi connectivity index (χ1v) is 8.65. The van der Waals surface area contributed by atoms with Crippen molar-refractivity contribution in [1.29, 1.82) is 0 Å². The number of benzene rings is 2. The molecule has 0 radical (unpaired) electrons. The highest BCUT2D eigenvalue weighted by Crippen LogP contribution is 2.37. The number of hydrogen-bond donors (Lipinski definition) is 1. The molecule has 1 aromatic heterocycles. The molecule has 104 valence electrons. The summed E-state index contributed by atoms with van der Waals surface area (Å²) in [5.41, 5.74) is 8.15. The first-order valence-electron chi connectivity index (χ1n) is 6.97. The third-order valence-corrected chi connectivity index (χ3v) is 5.47. The van der Waals surface area contributed by atoms with Crippen molar-refractivity contribution in [2.24, 2.45) is 0 Å². The predicted octanol–water partition coefficient (Wildman–Crippen LogP) is 5.69. The largest absolute Gasteiger partial charge is 0.381 e. The molecular weight excluding hydrogens is 342 g/mol. The van der Waals surface area contributed by atoms with Gasteiger partial charge in [0.25, 0.3) is 0 Å². The standard InChI is InChI=1S/C18H14BrNS/c19-18-7-12(11-21-18)10-20-15-5-6-17-14(9-15)8-13-3-1-2-4-16(13)17/h1-7,9,11,20H,8,10H2. The molecule has 0 aliphatic heterocycles. The monoisotopic (exact) mass is 355 g/mol. The summed E-state index contributed by atoms with van der Waals surface area (Å²) in [5.74, 6) is 0. The smallest absolute Gasteiger partial charge is 0.0701 e.